The van der Waals surface area contributed by atoms with Gasteiger partial charge in [-0.25, -0.2) is 9.67 Å². The van der Waals surface area contributed by atoms with Gasteiger partial charge in [-0.3, -0.25) is 14.7 Å². The number of fused-ring (bicyclic) bond motifs is 3. The van der Waals surface area contributed by atoms with E-state index in [4.69, 9.17) is 11.6 Å². The number of Topliss-reactive ketones (excluding diaryl/α,β-unsaturated/α-hetero) is 1. The minimum Gasteiger partial charge on any atom is -0.294 e. The Bertz CT molecular complexity index is 1260. The monoisotopic (exact) mass is 389 g/mol. The largest absolute Gasteiger partial charge is 0.294 e. The van der Waals surface area contributed by atoms with Crippen LogP contribution in [0.2, 0.25) is 5.02 Å². The first-order valence-electron chi connectivity index (χ1n) is 9.08. The van der Waals surface area contributed by atoms with Crippen molar-refractivity contribution in [2.24, 2.45) is 0 Å². The number of carbonyl (C=O) groups is 1. The quantitative estimate of drug-likeness (QED) is 0.556. The predicted molar refractivity (Wildman–Crippen MR) is 109 cm³/mol. The van der Waals surface area contributed by atoms with E-state index in [1.54, 1.807) is 6.20 Å². The highest BCUT2D eigenvalue weighted by atomic mass is 35.5. The fourth-order valence-electron chi connectivity index (χ4n) is 3.97. The Morgan fingerprint density at radius 2 is 1.75 bits per heavy atom. The van der Waals surface area contributed by atoms with Crippen LogP contribution in [0.1, 0.15) is 33.8 Å². The fourth-order valence-corrected chi connectivity index (χ4v) is 4.09. The molecule has 0 saturated heterocycles. The number of hydrogen-bond donors (Lipinski definition) is 1. The number of H-pyrrole nitrogens is 1. The molecular formula is C22H16ClN3O2. The summed E-state index contributed by atoms with van der Waals surface area (Å²) in [6.07, 6.45) is 2.60. The number of aromatic amines is 1. The molecule has 138 valence electrons. The highest BCUT2D eigenvalue weighted by molar-refractivity contribution is 6.30. The Morgan fingerprint density at radius 1 is 1.00 bits per heavy atom. The van der Waals surface area contributed by atoms with Crippen molar-refractivity contribution in [2.45, 2.75) is 18.8 Å². The molecule has 4 aromatic rings. The number of halogens is 1. The summed E-state index contributed by atoms with van der Waals surface area (Å²) in [5, 5.41) is 4.23. The molecule has 2 aromatic carbocycles. The third kappa shape index (κ3) is 2.67. The van der Waals surface area contributed by atoms with Crippen LogP contribution in [0.3, 0.4) is 0 Å². The zero-order chi connectivity index (χ0) is 19.3. The van der Waals surface area contributed by atoms with Gasteiger partial charge in [0.2, 0.25) is 0 Å². The second kappa shape index (κ2) is 6.46. The van der Waals surface area contributed by atoms with Gasteiger partial charge in [-0.2, -0.15) is 0 Å². The zero-order valence-corrected chi connectivity index (χ0v) is 15.6. The van der Waals surface area contributed by atoms with Crippen LogP contribution in [0.15, 0.2) is 65.6 Å². The number of para-hydroxylation sites is 1. The molecule has 6 heteroatoms. The molecule has 0 radical (unpaired) electrons. The van der Waals surface area contributed by atoms with Gasteiger partial charge >= 0.3 is 0 Å². The molecule has 5 nitrogen and oxygen atoms in total. The van der Waals surface area contributed by atoms with Gasteiger partial charge in [0.15, 0.2) is 11.4 Å². The summed E-state index contributed by atoms with van der Waals surface area (Å²) in [6, 6.07) is 16.9. The Morgan fingerprint density at radius 3 is 2.50 bits per heavy atom. The first-order chi connectivity index (χ1) is 13.6. The first-order valence-corrected chi connectivity index (χ1v) is 9.46. The van der Waals surface area contributed by atoms with E-state index in [-0.39, 0.29) is 17.3 Å². The van der Waals surface area contributed by atoms with Gasteiger partial charge in [-0.15, -0.1) is 0 Å². The number of benzene rings is 2. The van der Waals surface area contributed by atoms with Crippen LogP contribution in [0.5, 0.6) is 0 Å². The predicted octanol–water partition coefficient (Wildman–Crippen LogP) is 4.28. The lowest BCUT2D eigenvalue weighted by Gasteiger charge is -2.24. The molecule has 0 unspecified atom stereocenters. The minimum absolute atomic E-state index is 0.0161. The van der Waals surface area contributed by atoms with Gasteiger partial charge in [0.25, 0.3) is 5.56 Å². The van der Waals surface area contributed by atoms with E-state index in [2.05, 4.69) is 10.1 Å². The van der Waals surface area contributed by atoms with Crippen molar-refractivity contribution in [2.75, 3.05) is 0 Å². The van der Waals surface area contributed by atoms with Gasteiger partial charge in [0, 0.05) is 23.2 Å². The van der Waals surface area contributed by atoms with E-state index in [0.29, 0.717) is 34.5 Å². The smallest absolute Gasteiger partial charge is 0.281 e. The standard InChI is InChI=1S/C22H16ClN3O2/c23-15-8-6-13(7-9-15)14-10-17-18(19(27)11-14)12-24-21-20(17)22(28)26(25-21)16-4-2-1-3-5-16/h1-9,12,14H,10-11H2,(H,24,25)/t14-/m1/s1. The van der Waals surface area contributed by atoms with Gasteiger partial charge in [0.05, 0.1) is 11.1 Å². The summed E-state index contributed by atoms with van der Waals surface area (Å²) in [6.45, 7) is 0. The van der Waals surface area contributed by atoms with E-state index in [1.807, 2.05) is 54.6 Å². The number of ketones is 1. The summed E-state index contributed by atoms with van der Waals surface area (Å²) in [7, 11) is 0. The molecule has 0 fully saturated rings. The second-order valence-corrected chi connectivity index (χ2v) is 7.48. The molecule has 2 aromatic heterocycles. The summed E-state index contributed by atoms with van der Waals surface area (Å²) in [5.41, 5.74) is 3.42. The maximum absolute atomic E-state index is 13.2. The highest BCUT2D eigenvalue weighted by Gasteiger charge is 2.30. The Kier molecular flexibility index (Phi) is 3.91. The first kappa shape index (κ1) is 17.0. The van der Waals surface area contributed by atoms with Crippen molar-refractivity contribution >= 4 is 28.4 Å². The molecule has 2 heterocycles. The van der Waals surface area contributed by atoms with Gasteiger partial charge < -0.3 is 0 Å². The number of rotatable bonds is 2. The van der Waals surface area contributed by atoms with E-state index in [9.17, 15) is 9.59 Å². The van der Waals surface area contributed by atoms with Crippen molar-refractivity contribution in [1.82, 2.24) is 14.8 Å². The van der Waals surface area contributed by atoms with Crippen molar-refractivity contribution < 1.29 is 4.79 Å². The molecule has 0 aliphatic heterocycles. The van der Waals surface area contributed by atoms with Gasteiger partial charge in [0.1, 0.15) is 0 Å². The average molecular weight is 390 g/mol. The molecule has 5 rings (SSSR count). The van der Waals surface area contributed by atoms with E-state index < -0.39 is 0 Å². The molecule has 0 spiro atoms. The Labute approximate surface area is 165 Å². The molecule has 28 heavy (non-hydrogen) atoms. The van der Waals surface area contributed by atoms with Gasteiger partial charge in [-0.05, 0) is 47.7 Å². The molecule has 0 saturated carbocycles. The van der Waals surface area contributed by atoms with Crippen LogP contribution in [-0.2, 0) is 6.42 Å². The van der Waals surface area contributed by atoms with Crippen LogP contribution in [0, 0.1) is 0 Å². The minimum atomic E-state index is -0.185. The van der Waals surface area contributed by atoms with Crippen LogP contribution in [0.25, 0.3) is 16.7 Å². The second-order valence-electron chi connectivity index (χ2n) is 7.04. The van der Waals surface area contributed by atoms with E-state index >= 15 is 0 Å². The number of carbonyl (C=O) groups excluding carboxylic acids is 1. The molecule has 0 amide bonds. The maximum Gasteiger partial charge on any atom is 0.281 e. The summed E-state index contributed by atoms with van der Waals surface area (Å²) in [5.74, 6) is 0.0322. The number of nitrogens with zero attached hydrogens (tertiary/aromatic N) is 2. The van der Waals surface area contributed by atoms with Crippen molar-refractivity contribution in [3.8, 4) is 5.69 Å². The Balaban J connectivity index is 1.67. The number of aromatic nitrogens is 3. The summed E-state index contributed by atoms with van der Waals surface area (Å²) < 4.78 is 1.48. The zero-order valence-electron chi connectivity index (χ0n) is 14.9. The topological polar surface area (TPSA) is 67.8 Å². The third-order valence-corrected chi connectivity index (χ3v) is 5.61. The maximum atomic E-state index is 13.2. The molecule has 0 bridgehead atoms. The molecule has 1 N–H and O–H groups in total. The lowest BCUT2D eigenvalue weighted by Crippen LogP contribution is -2.22. The summed E-state index contributed by atoms with van der Waals surface area (Å²) >= 11 is 6.00. The average Bonchev–Trinajstić information content (AvgIpc) is 3.06. The third-order valence-electron chi connectivity index (χ3n) is 5.36. The molecular weight excluding hydrogens is 374 g/mol. The number of nitrogens with one attached hydrogen (secondary N) is 1. The Hall–Kier alpha value is -3.18. The van der Waals surface area contributed by atoms with Crippen molar-refractivity contribution in [3.05, 3.63) is 92.9 Å². The molecule has 1 aliphatic carbocycles. The molecule has 1 atom stereocenters. The van der Waals surface area contributed by atoms with Crippen LogP contribution < -0.4 is 5.56 Å². The number of pyridine rings is 1. The van der Waals surface area contributed by atoms with Crippen LogP contribution >= 0.6 is 11.6 Å². The fraction of sp³-hybridized carbons (Fsp3) is 0.136. The highest BCUT2D eigenvalue weighted by Crippen LogP contribution is 2.35. The van der Waals surface area contributed by atoms with E-state index in [0.717, 1.165) is 16.8 Å². The molecule has 1 aliphatic rings. The van der Waals surface area contributed by atoms with Crippen molar-refractivity contribution in [1.29, 1.82) is 0 Å². The van der Waals surface area contributed by atoms with E-state index in [1.165, 1.54) is 4.68 Å². The lowest BCUT2D eigenvalue weighted by molar-refractivity contribution is 0.0964. The lowest BCUT2D eigenvalue weighted by atomic mass is 9.79. The SMILES string of the molecule is O=C1C[C@H](c2ccc(Cl)cc2)Cc2c1cnc1[nH]n(-c3ccccc3)c(=O)c21. The normalized spacial score (nSPS) is 16.3. The van der Waals surface area contributed by atoms with Gasteiger partial charge in [-0.1, -0.05) is 41.9 Å². The van der Waals surface area contributed by atoms with Crippen LogP contribution in [0.4, 0.5) is 0 Å². The van der Waals surface area contributed by atoms with Crippen LogP contribution in [-0.4, -0.2) is 20.5 Å². The number of hydrogen-bond acceptors (Lipinski definition) is 3. The van der Waals surface area contributed by atoms with Crippen molar-refractivity contribution in [3.63, 3.8) is 0 Å². The summed E-state index contributed by atoms with van der Waals surface area (Å²) in [4.78, 5) is 30.3.